The van der Waals surface area contributed by atoms with E-state index < -0.39 is 6.10 Å². The number of fused-ring (bicyclic) bond motifs is 1. The Bertz CT molecular complexity index is 942. The first kappa shape index (κ1) is 17.7. The van der Waals surface area contributed by atoms with Crippen LogP contribution in [-0.2, 0) is 0 Å². The number of benzene rings is 1. The number of pyridine rings is 1. The van der Waals surface area contributed by atoms with Gasteiger partial charge in [-0.2, -0.15) is 0 Å². The zero-order valence-electron chi connectivity index (χ0n) is 15.2. The Labute approximate surface area is 167 Å². The van der Waals surface area contributed by atoms with Gasteiger partial charge < -0.3 is 14.9 Å². The van der Waals surface area contributed by atoms with Crippen LogP contribution in [0.25, 0.3) is 0 Å². The van der Waals surface area contributed by atoms with Crippen molar-refractivity contribution in [2.75, 3.05) is 42.5 Å². The van der Waals surface area contributed by atoms with E-state index in [0.717, 1.165) is 5.69 Å². The summed E-state index contributed by atoms with van der Waals surface area (Å²) in [6, 6.07) is 8.20. The van der Waals surface area contributed by atoms with Crippen molar-refractivity contribution in [3.63, 3.8) is 0 Å². The summed E-state index contributed by atoms with van der Waals surface area (Å²) in [6.45, 7) is 3.19. The number of hydrogen-bond donors (Lipinski definition) is 1. The number of likely N-dealkylation sites (tertiary alicyclic amines) is 1. The Balaban J connectivity index is 1.25. The zero-order valence-corrected chi connectivity index (χ0v) is 15.9. The Morgan fingerprint density at radius 3 is 2.79 bits per heavy atom. The van der Waals surface area contributed by atoms with Gasteiger partial charge >= 0.3 is 6.03 Å². The fraction of sp³-hybridized carbons (Fsp3) is 0.400. The number of aromatic nitrogens is 1. The molecule has 0 bridgehead atoms. The number of urea groups is 1. The van der Waals surface area contributed by atoms with Gasteiger partial charge in [-0.15, -0.1) is 0 Å². The monoisotopic (exact) mass is 402 g/mol. The molecular formula is C20H20ClFN4O2. The summed E-state index contributed by atoms with van der Waals surface area (Å²) in [6.07, 6.45) is 1.48. The molecular weight excluding hydrogens is 383 g/mol. The molecule has 0 radical (unpaired) electrons. The molecule has 6 nitrogen and oxygen atoms in total. The van der Waals surface area contributed by atoms with Gasteiger partial charge in [0.1, 0.15) is 0 Å². The van der Waals surface area contributed by atoms with Gasteiger partial charge in [0, 0.05) is 54.9 Å². The molecule has 1 aromatic carbocycles. The molecule has 3 aliphatic heterocycles. The Kier molecular flexibility index (Phi) is 4.00. The fourth-order valence-electron chi connectivity index (χ4n) is 4.56. The second-order valence-electron chi connectivity index (χ2n) is 7.96. The van der Waals surface area contributed by atoms with Crippen molar-refractivity contribution in [3.05, 3.63) is 52.9 Å². The van der Waals surface area contributed by atoms with Crippen LogP contribution in [0.15, 0.2) is 36.5 Å². The largest absolute Gasteiger partial charge is 0.388 e. The Morgan fingerprint density at radius 1 is 1.25 bits per heavy atom. The first-order valence-electron chi connectivity index (χ1n) is 9.35. The number of anilines is 2. The number of carbonyl (C=O) groups excluding carboxylic acids is 1. The zero-order chi connectivity index (χ0) is 19.5. The van der Waals surface area contributed by atoms with Crippen molar-refractivity contribution in [1.29, 1.82) is 0 Å². The molecule has 4 heterocycles. The lowest BCUT2D eigenvalue weighted by Crippen LogP contribution is -2.74. The van der Waals surface area contributed by atoms with Crippen molar-refractivity contribution < 1.29 is 14.3 Å². The van der Waals surface area contributed by atoms with Crippen LogP contribution in [0.5, 0.6) is 0 Å². The maximum absolute atomic E-state index is 13.9. The number of aliphatic hydroxyl groups is 1. The maximum Gasteiger partial charge on any atom is 0.324 e. The van der Waals surface area contributed by atoms with Gasteiger partial charge in [-0.1, -0.05) is 11.6 Å². The van der Waals surface area contributed by atoms with Crippen LogP contribution >= 0.6 is 11.6 Å². The average molecular weight is 403 g/mol. The molecule has 1 aromatic heterocycles. The molecule has 28 heavy (non-hydrogen) atoms. The van der Waals surface area contributed by atoms with E-state index in [9.17, 15) is 14.3 Å². The summed E-state index contributed by atoms with van der Waals surface area (Å²) < 4.78 is 13.9. The predicted octanol–water partition coefficient (Wildman–Crippen LogP) is 3.06. The quantitative estimate of drug-likeness (QED) is 0.796. The van der Waals surface area contributed by atoms with Gasteiger partial charge in [0.05, 0.1) is 11.8 Å². The Hall–Kier alpha value is -2.38. The standard InChI is InChI=1S/C20H20ClFN4O2/c21-13-3-4-16-14(8-13)17(27)5-7-26(16)19(28)25-11-20(12-25)9-24(10-20)18-15(22)2-1-6-23-18/h1-4,6,8,17,27H,5,7,9-12H2. The van der Waals surface area contributed by atoms with Crippen LogP contribution in [0.1, 0.15) is 18.1 Å². The van der Waals surface area contributed by atoms with Gasteiger partial charge in [0.2, 0.25) is 0 Å². The molecule has 1 unspecified atom stereocenters. The average Bonchev–Trinajstić information content (AvgIpc) is 2.61. The van der Waals surface area contributed by atoms with Crippen LogP contribution in [-0.4, -0.2) is 53.7 Å². The van der Waals surface area contributed by atoms with Gasteiger partial charge in [-0.3, -0.25) is 4.90 Å². The van der Waals surface area contributed by atoms with E-state index >= 15 is 0 Å². The minimum atomic E-state index is -0.603. The number of hydrogen-bond acceptors (Lipinski definition) is 4. The molecule has 2 amide bonds. The van der Waals surface area contributed by atoms with E-state index in [4.69, 9.17) is 11.6 Å². The van der Waals surface area contributed by atoms with E-state index in [-0.39, 0.29) is 17.3 Å². The predicted molar refractivity (Wildman–Crippen MR) is 104 cm³/mol. The third-order valence-corrected chi connectivity index (χ3v) is 6.15. The molecule has 1 N–H and O–H groups in total. The number of aliphatic hydroxyl groups excluding tert-OH is 1. The summed E-state index contributed by atoms with van der Waals surface area (Å²) in [4.78, 5) is 22.6. The molecule has 5 rings (SSSR count). The molecule has 0 aliphatic carbocycles. The van der Waals surface area contributed by atoms with Crippen molar-refractivity contribution in [1.82, 2.24) is 9.88 Å². The molecule has 0 saturated carbocycles. The smallest absolute Gasteiger partial charge is 0.324 e. The summed E-state index contributed by atoms with van der Waals surface area (Å²) in [5.41, 5.74) is 1.44. The summed E-state index contributed by atoms with van der Waals surface area (Å²) in [7, 11) is 0. The fourth-order valence-corrected chi connectivity index (χ4v) is 4.74. The Morgan fingerprint density at radius 2 is 2.04 bits per heavy atom. The second kappa shape index (κ2) is 6.32. The van der Waals surface area contributed by atoms with Gasteiger partial charge in [0.15, 0.2) is 11.6 Å². The molecule has 1 atom stereocenters. The summed E-state index contributed by atoms with van der Waals surface area (Å²) in [5, 5.41) is 10.8. The van der Waals surface area contributed by atoms with E-state index in [1.54, 1.807) is 35.4 Å². The molecule has 3 aliphatic rings. The highest BCUT2D eigenvalue weighted by atomic mass is 35.5. The molecule has 2 aromatic rings. The van der Waals surface area contributed by atoms with E-state index in [1.165, 1.54) is 6.07 Å². The van der Waals surface area contributed by atoms with Crippen molar-refractivity contribution in [2.24, 2.45) is 5.41 Å². The molecule has 2 fully saturated rings. The van der Waals surface area contributed by atoms with Crippen LogP contribution < -0.4 is 9.80 Å². The first-order valence-corrected chi connectivity index (χ1v) is 9.73. The third kappa shape index (κ3) is 2.72. The minimum absolute atomic E-state index is 0.0255. The van der Waals surface area contributed by atoms with Gasteiger partial charge in [-0.25, -0.2) is 14.2 Å². The van der Waals surface area contributed by atoms with Crippen LogP contribution in [0.3, 0.4) is 0 Å². The van der Waals surface area contributed by atoms with Crippen LogP contribution in [0.2, 0.25) is 5.02 Å². The number of carbonyl (C=O) groups is 1. The number of amides is 2. The van der Waals surface area contributed by atoms with Crippen molar-refractivity contribution >= 4 is 29.1 Å². The van der Waals surface area contributed by atoms with E-state index in [2.05, 4.69) is 4.98 Å². The highest BCUT2D eigenvalue weighted by Gasteiger charge is 2.54. The molecule has 2 saturated heterocycles. The van der Waals surface area contributed by atoms with Crippen LogP contribution in [0.4, 0.5) is 20.7 Å². The lowest BCUT2D eigenvalue weighted by Gasteiger charge is -2.60. The number of halogens is 2. The molecule has 1 spiro atoms. The van der Waals surface area contributed by atoms with E-state index in [0.29, 0.717) is 55.5 Å². The topological polar surface area (TPSA) is 59.9 Å². The minimum Gasteiger partial charge on any atom is -0.388 e. The van der Waals surface area contributed by atoms with Crippen molar-refractivity contribution in [2.45, 2.75) is 12.5 Å². The van der Waals surface area contributed by atoms with Gasteiger partial charge in [-0.05, 0) is 36.8 Å². The SMILES string of the molecule is O=C(N1CC2(C1)CN(c1ncccc1F)C2)N1CCC(O)c2cc(Cl)ccc21. The lowest BCUT2D eigenvalue weighted by atomic mass is 9.73. The van der Waals surface area contributed by atoms with Gasteiger partial charge in [0.25, 0.3) is 0 Å². The highest BCUT2D eigenvalue weighted by molar-refractivity contribution is 6.30. The summed E-state index contributed by atoms with van der Waals surface area (Å²) >= 11 is 6.05. The first-order chi connectivity index (χ1) is 13.5. The number of rotatable bonds is 1. The van der Waals surface area contributed by atoms with E-state index in [1.807, 2.05) is 9.80 Å². The summed E-state index contributed by atoms with van der Waals surface area (Å²) in [5.74, 6) is 0.0699. The molecule has 8 heteroatoms. The molecule has 146 valence electrons. The highest BCUT2D eigenvalue weighted by Crippen LogP contribution is 2.43. The second-order valence-corrected chi connectivity index (χ2v) is 8.40. The third-order valence-electron chi connectivity index (χ3n) is 5.91. The van der Waals surface area contributed by atoms with Crippen LogP contribution in [0, 0.1) is 11.2 Å². The lowest BCUT2D eigenvalue weighted by molar-refractivity contribution is 0.00888. The normalized spacial score (nSPS) is 22.5. The number of nitrogens with zero attached hydrogens (tertiary/aromatic N) is 4. The maximum atomic E-state index is 13.9. The van der Waals surface area contributed by atoms with Crippen molar-refractivity contribution in [3.8, 4) is 0 Å².